The second-order valence-electron chi connectivity index (χ2n) is 1.57. The summed E-state index contributed by atoms with van der Waals surface area (Å²) in [7, 11) is 0. The standard InChI is InChI=1S/C2Cl8NP/c3-1(4,5)12(10,11-9)2(6,7)8. The van der Waals surface area contributed by atoms with Crippen molar-refractivity contribution in [3.63, 3.8) is 0 Å². The zero-order chi connectivity index (χ0) is 10.2. The van der Waals surface area contributed by atoms with Gasteiger partial charge in [-0.05, 0) is 0 Å². The lowest BCUT2D eigenvalue weighted by Crippen LogP contribution is -2.12. The van der Waals surface area contributed by atoms with Crippen molar-refractivity contribution in [1.82, 2.24) is 0 Å². The first-order valence-corrected chi connectivity index (χ1v) is 7.37. The summed E-state index contributed by atoms with van der Waals surface area (Å²) in [6.45, 7) is 0. The van der Waals surface area contributed by atoms with E-state index in [2.05, 4.69) is 4.26 Å². The zero-order valence-corrected chi connectivity index (χ0v) is 11.9. The van der Waals surface area contributed by atoms with Crippen LogP contribution in [0.2, 0.25) is 0 Å². The summed E-state index contributed by atoms with van der Waals surface area (Å²) in [6.07, 6.45) is -3.36. The maximum absolute atomic E-state index is 5.70. The van der Waals surface area contributed by atoms with Gasteiger partial charge in [0.1, 0.15) is 0 Å². The van der Waals surface area contributed by atoms with Crippen molar-refractivity contribution in [2.75, 3.05) is 0 Å². The van der Waals surface area contributed by atoms with Crippen LogP contribution in [0.25, 0.3) is 0 Å². The van der Waals surface area contributed by atoms with Crippen LogP contribution in [-0.2, 0) is 0 Å². The molecule has 74 valence electrons. The number of halogens is 8. The summed E-state index contributed by atoms with van der Waals surface area (Å²) in [5.74, 6) is 0. The van der Waals surface area contributed by atoms with Gasteiger partial charge in [-0.2, -0.15) is 4.26 Å². The van der Waals surface area contributed by atoms with Crippen LogP contribution in [0.15, 0.2) is 4.26 Å². The predicted molar refractivity (Wildman–Crippen MR) is 61.6 cm³/mol. The van der Waals surface area contributed by atoms with Crippen molar-refractivity contribution in [1.29, 1.82) is 0 Å². The number of hydrogen-bond acceptors (Lipinski definition) is 1. The van der Waals surface area contributed by atoms with Crippen LogP contribution in [0.1, 0.15) is 0 Å². The van der Waals surface area contributed by atoms with Crippen LogP contribution in [0.3, 0.4) is 0 Å². The molecule has 0 aromatic heterocycles. The number of hydrogen-bond donors (Lipinski definition) is 0. The molecule has 0 aliphatic heterocycles. The van der Waals surface area contributed by atoms with E-state index in [9.17, 15) is 0 Å². The van der Waals surface area contributed by atoms with E-state index in [-0.39, 0.29) is 0 Å². The van der Waals surface area contributed by atoms with E-state index in [1.54, 1.807) is 0 Å². The number of alkyl halides is 6. The predicted octanol–water partition coefficient (Wildman–Crippen LogP) is 6.15. The highest BCUT2D eigenvalue weighted by Gasteiger charge is 2.54. The molecule has 0 unspecified atom stereocenters. The molecule has 0 N–H and O–H groups in total. The summed E-state index contributed by atoms with van der Waals surface area (Å²) in [4.78, 5) is 0. The van der Waals surface area contributed by atoms with Crippen LogP contribution in [0.5, 0.6) is 0 Å². The quantitative estimate of drug-likeness (QED) is 0.366. The van der Waals surface area contributed by atoms with Crippen molar-refractivity contribution >= 4 is 99.0 Å². The van der Waals surface area contributed by atoms with Gasteiger partial charge >= 0.3 is 0 Å². The average Bonchev–Trinajstić information content (AvgIpc) is 1.81. The van der Waals surface area contributed by atoms with Gasteiger partial charge in [0.25, 0.3) is 0 Å². The second-order valence-corrected chi connectivity index (χ2v) is 12.2. The van der Waals surface area contributed by atoms with E-state index in [1.807, 2.05) is 0 Å². The molecule has 0 aliphatic rings. The minimum Gasteiger partial charge on any atom is -0.174 e. The third kappa shape index (κ3) is 3.02. The van der Waals surface area contributed by atoms with Crippen LogP contribution in [-0.4, -0.2) is 7.07 Å². The van der Waals surface area contributed by atoms with Gasteiger partial charge in [0.15, 0.2) is 6.41 Å². The fraction of sp³-hybridized carbons (Fsp3) is 1.00. The smallest absolute Gasteiger partial charge is 0.174 e. The van der Waals surface area contributed by atoms with E-state index in [0.717, 1.165) is 0 Å². The van der Waals surface area contributed by atoms with E-state index < -0.39 is 13.5 Å². The Labute approximate surface area is 109 Å². The molecule has 0 rings (SSSR count). The van der Waals surface area contributed by atoms with E-state index >= 15 is 0 Å². The van der Waals surface area contributed by atoms with Crippen molar-refractivity contribution in [2.45, 2.75) is 7.07 Å². The average molecular weight is 353 g/mol. The Morgan fingerprint density at radius 2 is 1.08 bits per heavy atom. The first-order valence-electron chi connectivity index (χ1n) is 2.12. The summed E-state index contributed by atoms with van der Waals surface area (Å²) in [5.41, 5.74) is 0. The molecule has 1 nitrogen and oxygen atoms in total. The van der Waals surface area contributed by atoms with E-state index in [4.69, 9.17) is 92.6 Å². The fourth-order valence-corrected chi connectivity index (χ4v) is 6.20. The van der Waals surface area contributed by atoms with Gasteiger partial charge in [0, 0.05) is 11.8 Å². The molecule has 0 heterocycles. The second kappa shape index (κ2) is 4.60. The molecular formula is C2Cl8NP. The Hall–Kier alpha value is 2.55. The van der Waals surface area contributed by atoms with Gasteiger partial charge in [-0.3, -0.25) is 0 Å². The van der Waals surface area contributed by atoms with Crippen LogP contribution in [0, 0.1) is 0 Å². The Balaban J connectivity index is 5.28. The zero-order valence-electron chi connectivity index (χ0n) is 4.92. The lowest BCUT2D eigenvalue weighted by atomic mass is 11.8. The summed E-state index contributed by atoms with van der Waals surface area (Å²) < 4.78 is -0.905. The molecule has 0 aromatic carbocycles. The molecule has 12 heavy (non-hydrogen) atoms. The molecule has 0 saturated heterocycles. The summed E-state index contributed by atoms with van der Waals surface area (Å²) in [6, 6.07) is 0. The molecule has 0 atom stereocenters. The van der Waals surface area contributed by atoms with Crippen molar-refractivity contribution < 1.29 is 0 Å². The van der Waals surface area contributed by atoms with Crippen LogP contribution >= 0.6 is 99.0 Å². The van der Waals surface area contributed by atoms with Gasteiger partial charge in [-0.15, -0.1) is 0 Å². The fourth-order valence-electron chi connectivity index (χ4n) is 0.229. The highest BCUT2D eigenvalue weighted by Crippen LogP contribution is 2.82. The molecule has 0 spiro atoms. The topological polar surface area (TPSA) is 12.4 Å². The molecule has 0 aromatic rings. The molecule has 0 fully saturated rings. The van der Waals surface area contributed by atoms with Crippen LogP contribution < -0.4 is 0 Å². The van der Waals surface area contributed by atoms with Gasteiger partial charge in [0.05, 0.1) is 0 Å². The summed E-state index contributed by atoms with van der Waals surface area (Å²) in [5, 5.41) is 0. The number of rotatable bonds is 0. The molecule has 0 aliphatic carbocycles. The molecule has 0 radical (unpaired) electrons. The maximum Gasteiger partial charge on any atom is 0.242 e. The van der Waals surface area contributed by atoms with Crippen molar-refractivity contribution in [3.8, 4) is 0 Å². The van der Waals surface area contributed by atoms with Crippen LogP contribution in [0.4, 0.5) is 0 Å². The third-order valence-electron chi connectivity index (χ3n) is 0.776. The minimum atomic E-state index is -3.36. The van der Waals surface area contributed by atoms with E-state index in [1.165, 1.54) is 0 Å². The van der Waals surface area contributed by atoms with Gasteiger partial charge in [-0.1, -0.05) is 80.8 Å². The van der Waals surface area contributed by atoms with Gasteiger partial charge in [0.2, 0.25) is 7.07 Å². The van der Waals surface area contributed by atoms with Crippen molar-refractivity contribution in [3.05, 3.63) is 0 Å². The monoisotopic (exact) mass is 349 g/mol. The Kier molecular flexibility index (Phi) is 5.57. The highest BCUT2D eigenvalue weighted by molar-refractivity contribution is 8.00. The Morgan fingerprint density at radius 1 is 0.833 bits per heavy atom. The molecular weight excluding hydrogens is 353 g/mol. The molecule has 0 saturated carbocycles. The van der Waals surface area contributed by atoms with Gasteiger partial charge < -0.3 is 0 Å². The third-order valence-corrected chi connectivity index (χ3v) is 10.9. The molecule has 10 heteroatoms. The van der Waals surface area contributed by atoms with Gasteiger partial charge in [-0.25, -0.2) is 0 Å². The first kappa shape index (κ1) is 14.6. The largest absolute Gasteiger partial charge is 0.242 e. The SMILES string of the molecule is ClN=P(Cl)(C(Cl)(Cl)Cl)C(Cl)(Cl)Cl. The Morgan fingerprint density at radius 3 is 1.08 bits per heavy atom. The minimum absolute atomic E-state index is 2.01. The van der Waals surface area contributed by atoms with Crippen molar-refractivity contribution in [2.24, 2.45) is 4.26 Å². The highest BCUT2D eigenvalue weighted by atomic mass is 35.7. The summed E-state index contributed by atoms with van der Waals surface area (Å²) >= 11 is 43.5. The number of nitrogens with zero attached hydrogens (tertiary/aromatic N) is 1. The van der Waals surface area contributed by atoms with E-state index in [0.29, 0.717) is 0 Å². The Bertz CT molecular complexity index is 192. The lowest BCUT2D eigenvalue weighted by Gasteiger charge is -2.28. The normalized spacial score (nSPS) is 14.7. The lowest BCUT2D eigenvalue weighted by molar-refractivity contribution is 1.57. The molecule has 0 bridgehead atoms. The first-order chi connectivity index (χ1) is 5.06. The maximum atomic E-state index is 5.70. The molecule has 0 amide bonds.